The monoisotopic (exact) mass is 752 g/mol. The van der Waals surface area contributed by atoms with Crippen molar-refractivity contribution in [3.05, 3.63) is 0 Å². The molecule has 11 fully saturated rings. The van der Waals surface area contributed by atoms with E-state index in [2.05, 4.69) is 4.90 Å². The third-order valence-corrected chi connectivity index (χ3v) is 22.3. The van der Waals surface area contributed by atoms with Crippen LogP contribution in [-0.2, 0) is 0 Å². The highest BCUT2D eigenvalue weighted by Crippen LogP contribution is 2.65. The molecule has 0 spiro atoms. The predicted molar refractivity (Wildman–Crippen MR) is 231 cm³/mol. The van der Waals surface area contributed by atoms with Crippen molar-refractivity contribution in [2.45, 2.75) is 243 Å². The molecule has 55 heavy (non-hydrogen) atoms. The topological polar surface area (TPSA) is 3.24 Å². The molecule has 15 atom stereocenters. The van der Waals surface area contributed by atoms with Crippen LogP contribution in [0.25, 0.3) is 0 Å². The molecule has 310 valence electrons. The summed E-state index contributed by atoms with van der Waals surface area (Å²) in [6.45, 7) is 0. The van der Waals surface area contributed by atoms with E-state index in [1.807, 2.05) is 0 Å². The molecule has 0 aliphatic heterocycles. The van der Waals surface area contributed by atoms with Gasteiger partial charge in [0, 0.05) is 18.1 Å². The molecule has 11 aliphatic rings. The Balaban J connectivity index is 0.832. The summed E-state index contributed by atoms with van der Waals surface area (Å²) in [6, 6.07) is 2.81. The lowest BCUT2D eigenvalue weighted by Crippen LogP contribution is -2.55. The number of nitrogens with zero attached hydrogens (tertiary/aromatic N) is 1. The van der Waals surface area contributed by atoms with Crippen molar-refractivity contribution in [3.63, 3.8) is 0 Å². The zero-order valence-corrected chi connectivity index (χ0v) is 36.2. The van der Waals surface area contributed by atoms with Gasteiger partial charge in [0.25, 0.3) is 0 Å². The van der Waals surface area contributed by atoms with Crippen LogP contribution in [0.2, 0.25) is 0 Å². The highest BCUT2D eigenvalue weighted by molar-refractivity contribution is 5.08. The van der Waals surface area contributed by atoms with Gasteiger partial charge in [-0.3, -0.25) is 4.90 Å². The second kappa shape index (κ2) is 16.8. The standard InChI is InChI=1S/C54H89N/c1-3-11-36(12-4-1)39-21-25-47(26-22-39)55(48-27-23-38-15-7-8-16-40(38)32-48)49-28-24-44-34-53-50-18-10-9-17-42(50)33-51(54(53)52(44)35-49)43-20-19-41-29-45(31-46(41)30-43)37-13-5-2-6-14-37/h36-54H,1-35H2. The van der Waals surface area contributed by atoms with Gasteiger partial charge in [-0.2, -0.15) is 0 Å². The van der Waals surface area contributed by atoms with Crippen molar-refractivity contribution in [2.24, 2.45) is 94.7 Å². The average molecular weight is 752 g/mol. The van der Waals surface area contributed by atoms with Crippen molar-refractivity contribution < 1.29 is 0 Å². The van der Waals surface area contributed by atoms with Crippen LogP contribution in [0.4, 0.5) is 0 Å². The van der Waals surface area contributed by atoms with Crippen LogP contribution in [0, 0.1) is 94.7 Å². The second-order valence-electron chi connectivity index (χ2n) is 24.4. The fourth-order valence-electron chi connectivity index (χ4n) is 20.0. The Bertz CT molecular complexity index is 1240. The van der Waals surface area contributed by atoms with E-state index in [-0.39, 0.29) is 0 Å². The van der Waals surface area contributed by atoms with E-state index in [1.54, 1.807) is 212 Å². The molecule has 1 heteroatoms. The molecule has 0 bridgehead atoms. The number of rotatable bonds is 6. The van der Waals surface area contributed by atoms with E-state index in [0.29, 0.717) is 0 Å². The summed E-state index contributed by atoms with van der Waals surface area (Å²) in [5.41, 5.74) is 0. The van der Waals surface area contributed by atoms with Crippen molar-refractivity contribution in [3.8, 4) is 0 Å². The Morgan fingerprint density at radius 3 is 1.33 bits per heavy atom. The van der Waals surface area contributed by atoms with Gasteiger partial charge in [-0.15, -0.1) is 0 Å². The van der Waals surface area contributed by atoms with E-state index < -0.39 is 0 Å². The molecule has 11 rings (SSSR count). The van der Waals surface area contributed by atoms with Crippen LogP contribution in [-0.4, -0.2) is 23.0 Å². The molecule has 11 aliphatic carbocycles. The number of hydrogen-bond donors (Lipinski definition) is 0. The van der Waals surface area contributed by atoms with Gasteiger partial charge < -0.3 is 0 Å². The summed E-state index contributed by atoms with van der Waals surface area (Å²) in [5, 5.41) is 0. The molecular weight excluding hydrogens is 663 g/mol. The molecule has 15 unspecified atom stereocenters. The van der Waals surface area contributed by atoms with Gasteiger partial charge in [0.15, 0.2) is 0 Å². The normalized spacial score (nSPS) is 51.1. The smallest absolute Gasteiger partial charge is 0.0104 e. The molecule has 11 saturated carbocycles. The van der Waals surface area contributed by atoms with Crippen LogP contribution in [0.5, 0.6) is 0 Å². The maximum Gasteiger partial charge on any atom is 0.0104 e. The van der Waals surface area contributed by atoms with Gasteiger partial charge in [-0.1, -0.05) is 109 Å². The van der Waals surface area contributed by atoms with Crippen molar-refractivity contribution in [1.82, 2.24) is 4.90 Å². The molecule has 0 saturated heterocycles. The SMILES string of the molecule is C1CCC(C2CCC(N(C3CCC4CCCCC4C3)C3CCC4CC5C6CCCCC6CC(C6CCC7CC(C8CCCCC8)CC7C6)C5C4C3)CC2)CC1. The van der Waals surface area contributed by atoms with Crippen LogP contribution in [0.15, 0.2) is 0 Å². The summed E-state index contributed by atoms with van der Waals surface area (Å²) < 4.78 is 0. The van der Waals surface area contributed by atoms with Crippen molar-refractivity contribution >= 4 is 0 Å². The van der Waals surface area contributed by atoms with E-state index in [0.717, 1.165) is 113 Å². The van der Waals surface area contributed by atoms with Crippen LogP contribution in [0.1, 0.15) is 225 Å². The molecular formula is C54H89N. The first kappa shape index (κ1) is 37.9. The lowest BCUT2D eigenvalue weighted by atomic mass is 9.53. The Morgan fingerprint density at radius 1 is 0.200 bits per heavy atom. The lowest BCUT2D eigenvalue weighted by Gasteiger charge is -2.55. The Kier molecular flexibility index (Phi) is 11.6. The zero-order valence-electron chi connectivity index (χ0n) is 36.2. The first-order chi connectivity index (χ1) is 27.2. The molecule has 0 heterocycles. The van der Waals surface area contributed by atoms with Crippen molar-refractivity contribution in [2.75, 3.05) is 0 Å². The summed E-state index contributed by atoms with van der Waals surface area (Å²) in [4.78, 5) is 3.46. The molecule has 0 aromatic heterocycles. The Hall–Kier alpha value is -0.0400. The molecule has 0 aromatic carbocycles. The second-order valence-corrected chi connectivity index (χ2v) is 24.4. The third kappa shape index (κ3) is 7.54. The molecule has 0 N–H and O–H groups in total. The van der Waals surface area contributed by atoms with Gasteiger partial charge in [0.1, 0.15) is 0 Å². The van der Waals surface area contributed by atoms with Gasteiger partial charge in [0.2, 0.25) is 0 Å². The summed E-state index contributed by atoms with van der Waals surface area (Å²) >= 11 is 0. The molecule has 0 amide bonds. The maximum atomic E-state index is 3.46. The van der Waals surface area contributed by atoms with Gasteiger partial charge >= 0.3 is 0 Å². The van der Waals surface area contributed by atoms with Gasteiger partial charge in [-0.05, 0) is 210 Å². The van der Waals surface area contributed by atoms with Crippen LogP contribution < -0.4 is 0 Å². The van der Waals surface area contributed by atoms with E-state index in [1.165, 1.54) is 12.8 Å². The first-order valence-corrected chi connectivity index (χ1v) is 27.0. The summed E-state index contributed by atoms with van der Waals surface area (Å²) in [5.74, 6) is 17.8. The van der Waals surface area contributed by atoms with Crippen LogP contribution >= 0.6 is 0 Å². The summed E-state index contributed by atoms with van der Waals surface area (Å²) in [7, 11) is 0. The number of fused-ring (bicyclic) bond motifs is 7. The lowest BCUT2D eigenvalue weighted by molar-refractivity contribution is -0.0543. The third-order valence-electron chi connectivity index (χ3n) is 22.3. The van der Waals surface area contributed by atoms with Gasteiger partial charge in [0.05, 0.1) is 0 Å². The molecule has 0 aromatic rings. The fourth-order valence-corrected chi connectivity index (χ4v) is 20.0. The van der Waals surface area contributed by atoms with E-state index >= 15 is 0 Å². The fraction of sp³-hybridized carbons (Fsp3) is 1.00. The Morgan fingerprint density at radius 2 is 0.582 bits per heavy atom. The number of hydrogen-bond acceptors (Lipinski definition) is 1. The average Bonchev–Trinajstić information content (AvgIpc) is 3.86. The highest BCUT2D eigenvalue weighted by Gasteiger charge is 2.58. The Labute approximate surface area is 341 Å². The van der Waals surface area contributed by atoms with Crippen LogP contribution in [0.3, 0.4) is 0 Å². The van der Waals surface area contributed by atoms with E-state index in [4.69, 9.17) is 0 Å². The minimum Gasteiger partial charge on any atom is -0.294 e. The van der Waals surface area contributed by atoms with Gasteiger partial charge in [-0.25, -0.2) is 0 Å². The molecule has 0 radical (unpaired) electrons. The maximum absolute atomic E-state index is 3.46. The molecule has 1 nitrogen and oxygen atoms in total. The quantitative estimate of drug-likeness (QED) is 0.261. The first-order valence-electron chi connectivity index (χ1n) is 27.0. The van der Waals surface area contributed by atoms with Crippen molar-refractivity contribution in [1.29, 1.82) is 0 Å². The zero-order chi connectivity index (χ0) is 36.3. The minimum atomic E-state index is 0.934. The predicted octanol–water partition coefficient (Wildman–Crippen LogP) is 15.1. The summed E-state index contributed by atoms with van der Waals surface area (Å²) in [6.07, 6.45) is 55.8. The highest BCUT2D eigenvalue weighted by atomic mass is 15.2. The minimum absolute atomic E-state index is 0.934. The largest absolute Gasteiger partial charge is 0.294 e. The van der Waals surface area contributed by atoms with E-state index in [9.17, 15) is 0 Å².